The Labute approximate surface area is 324 Å². The van der Waals surface area contributed by atoms with Gasteiger partial charge in [-0.05, 0) is 103 Å². The Kier molecular flexibility index (Phi) is 7.45. The fraction of sp³-hybridized carbons (Fsp3) is 0.154. The third-order valence-corrected chi connectivity index (χ3v) is 11.9. The van der Waals surface area contributed by atoms with Gasteiger partial charge in [0.15, 0.2) is 7.28 Å². The molecule has 10 rings (SSSR count). The average Bonchev–Trinajstić information content (AvgIpc) is 3.52. The lowest BCUT2D eigenvalue weighted by atomic mass is 9.57. The molecule has 9 aromatic rings. The first kappa shape index (κ1) is 33.5. The minimum atomic E-state index is 0.00994. The number of benzene rings is 8. The number of fused-ring (bicyclic) bond motifs is 8. The van der Waals surface area contributed by atoms with Crippen molar-refractivity contribution in [2.24, 2.45) is 0 Å². The number of nitrogens with one attached hydrogen (secondary N) is 1. The van der Waals surface area contributed by atoms with E-state index < -0.39 is 0 Å². The maximum Gasteiger partial charge on any atom is 0.198 e. The number of hydrogen-bond donors (Lipinski definition) is 1. The third-order valence-electron chi connectivity index (χ3n) is 11.9. The van der Waals surface area contributed by atoms with E-state index in [0.717, 1.165) is 18.7 Å². The molecule has 0 bridgehead atoms. The van der Waals surface area contributed by atoms with Gasteiger partial charge in [0.25, 0.3) is 0 Å². The molecule has 2 nitrogen and oxygen atoms in total. The van der Waals surface area contributed by atoms with E-state index in [1.807, 2.05) is 0 Å². The summed E-state index contributed by atoms with van der Waals surface area (Å²) in [5.41, 5.74) is 16.6. The first-order chi connectivity index (χ1) is 26.5. The van der Waals surface area contributed by atoms with Crippen LogP contribution in [0.1, 0.15) is 52.7 Å². The summed E-state index contributed by atoms with van der Waals surface area (Å²) in [6.45, 7) is 14.0. The van der Waals surface area contributed by atoms with Crippen LogP contribution in [0.3, 0.4) is 0 Å². The van der Waals surface area contributed by atoms with E-state index in [0.29, 0.717) is 0 Å². The van der Waals surface area contributed by atoms with Gasteiger partial charge in [-0.25, -0.2) is 0 Å². The fourth-order valence-corrected chi connectivity index (χ4v) is 8.91. The summed E-state index contributed by atoms with van der Waals surface area (Å²) in [5, 5.41) is 11.6. The predicted molar refractivity (Wildman–Crippen MR) is 240 cm³/mol. The molecule has 0 amide bonds. The van der Waals surface area contributed by atoms with E-state index >= 15 is 0 Å². The van der Waals surface area contributed by atoms with Gasteiger partial charge in [-0.3, -0.25) is 0 Å². The molecule has 1 aliphatic rings. The Bertz CT molecular complexity index is 2970. The van der Waals surface area contributed by atoms with Crippen LogP contribution in [0.2, 0.25) is 0 Å². The highest BCUT2D eigenvalue weighted by molar-refractivity contribution is 6.74. The lowest BCUT2D eigenvalue weighted by molar-refractivity contribution is 0.590. The van der Waals surface area contributed by atoms with Crippen LogP contribution in [0.5, 0.6) is 0 Å². The van der Waals surface area contributed by atoms with Gasteiger partial charge in [0.1, 0.15) is 0 Å². The lowest BCUT2D eigenvalue weighted by Crippen LogP contribution is -2.38. The van der Waals surface area contributed by atoms with E-state index in [9.17, 15) is 0 Å². The normalized spacial score (nSPS) is 12.7. The van der Waals surface area contributed by atoms with Crippen LogP contribution in [0.15, 0.2) is 152 Å². The van der Waals surface area contributed by atoms with Crippen LogP contribution in [-0.2, 0) is 10.8 Å². The van der Waals surface area contributed by atoms with Gasteiger partial charge in [-0.15, -0.1) is 0 Å². The number of anilines is 2. The monoisotopic (exact) mass is 708 g/mol. The Balaban J connectivity index is 1.26. The average molecular weight is 709 g/mol. The Morgan fingerprint density at radius 3 is 1.91 bits per heavy atom. The Morgan fingerprint density at radius 1 is 0.509 bits per heavy atom. The van der Waals surface area contributed by atoms with Crippen molar-refractivity contribution in [3.05, 3.63) is 163 Å². The molecule has 266 valence electrons. The molecule has 1 N–H and O–H groups in total. The molecular formula is C52H45BN2. The van der Waals surface area contributed by atoms with Crippen LogP contribution >= 0.6 is 0 Å². The highest BCUT2D eigenvalue weighted by atomic mass is 15.0. The number of nitrogens with zero attached hydrogens (tertiary/aromatic N) is 1. The Hall–Kier alpha value is -6.06. The maximum absolute atomic E-state index is 3.90. The smallest absolute Gasteiger partial charge is 0.198 e. The van der Waals surface area contributed by atoms with Crippen LogP contribution in [-0.4, -0.2) is 11.8 Å². The van der Waals surface area contributed by atoms with Gasteiger partial charge in [0.2, 0.25) is 0 Å². The zero-order valence-corrected chi connectivity index (χ0v) is 32.6. The van der Waals surface area contributed by atoms with Gasteiger partial charge in [0.05, 0.1) is 5.52 Å². The van der Waals surface area contributed by atoms with Crippen molar-refractivity contribution in [3.8, 4) is 27.9 Å². The van der Waals surface area contributed by atoms with E-state index in [2.05, 4.69) is 203 Å². The first-order valence-electron chi connectivity index (χ1n) is 19.6. The molecule has 0 radical (unpaired) electrons. The molecule has 0 atom stereocenters. The SMILES string of the molecule is CC(C)(C)c1ccc2c(c1)c1cc(C(C)(C)C)cc3c1n2-c1c(c(-c2c(Nc4ccc(-c5ccccc5)cc4)ccc4ccccc24)cc2ccccc12)B3. The lowest BCUT2D eigenvalue weighted by Gasteiger charge is -2.28. The van der Waals surface area contributed by atoms with Crippen LogP contribution in [0.4, 0.5) is 11.4 Å². The third kappa shape index (κ3) is 5.48. The molecule has 1 aromatic heterocycles. The van der Waals surface area contributed by atoms with Crippen molar-refractivity contribution in [1.29, 1.82) is 0 Å². The zero-order valence-electron chi connectivity index (χ0n) is 32.6. The number of hydrogen-bond acceptors (Lipinski definition) is 1. The second-order valence-electron chi connectivity index (χ2n) is 17.5. The number of rotatable bonds is 4. The zero-order chi connectivity index (χ0) is 37.6. The van der Waals surface area contributed by atoms with Gasteiger partial charge in [-0.2, -0.15) is 0 Å². The summed E-state index contributed by atoms with van der Waals surface area (Å²) >= 11 is 0. The molecule has 55 heavy (non-hydrogen) atoms. The van der Waals surface area contributed by atoms with Crippen molar-refractivity contribution < 1.29 is 0 Å². The summed E-state index contributed by atoms with van der Waals surface area (Å²) < 4.78 is 2.62. The van der Waals surface area contributed by atoms with E-state index in [4.69, 9.17) is 0 Å². The fourth-order valence-electron chi connectivity index (χ4n) is 8.91. The van der Waals surface area contributed by atoms with Crippen LogP contribution in [0, 0.1) is 0 Å². The topological polar surface area (TPSA) is 17.0 Å². The summed E-state index contributed by atoms with van der Waals surface area (Å²) in [4.78, 5) is 0. The van der Waals surface area contributed by atoms with E-state index in [1.54, 1.807) is 0 Å². The van der Waals surface area contributed by atoms with Gasteiger partial charge < -0.3 is 9.88 Å². The molecule has 2 heterocycles. The molecule has 0 saturated heterocycles. The molecular weight excluding hydrogens is 663 g/mol. The van der Waals surface area contributed by atoms with Crippen molar-refractivity contribution in [1.82, 2.24) is 4.57 Å². The summed E-state index contributed by atoms with van der Waals surface area (Å²) in [6, 6.07) is 56.5. The largest absolute Gasteiger partial charge is 0.355 e. The highest BCUT2D eigenvalue weighted by Gasteiger charge is 2.31. The molecule has 0 aliphatic carbocycles. The molecule has 1 aliphatic heterocycles. The molecule has 0 saturated carbocycles. The van der Waals surface area contributed by atoms with Gasteiger partial charge in [0, 0.05) is 44.3 Å². The molecule has 0 fully saturated rings. The van der Waals surface area contributed by atoms with Crippen molar-refractivity contribution in [2.45, 2.75) is 52.4 Å². The van der Waals surface area contributed by atoms with E-state index in [-0.39, 0.29) is 10.8 Å². The van der Waals surface area contributed by atoms with Crippen molar-refractivity contribution >= 4 is 72.9 Å². The summed E-state index contributed by atoms with van der Waals surface area (Å²) in [6.07, 6.45) is 0. The maximum atomic E-state index is 3.90. The minimum absolute atomic E-state index is 0.00994. The van der Waals surface area contributed by atoms with Crippen LogP contribution in [0.25, 0.3) is 71.3 Å². The first-order valence-corrected chi connectivity index (χ1v) is 19.6. The van der Waals surface area contributed by atoms with Gasteiger partial charge in [-0.1, -0.05) is 156 Å². The minimum Gasteiger partial charge on any atom is -0.355 e. The van der Waals surface area contributed by atoms with Crippen LogP contribution < -0.4 is 16.2 Å². The van der Waals surface area contributed by atoms with E-state index in [1.165, 1.54) is 93.3 Å². The highest BCUT2D eigenvalue weighted by Crippen LogP contribution is 2.43. The molecule has 8 aromatic carbocycles. The summed E-state index contributed by atoms with van der Waals surface area (Å²) in [5.74, 6) is 0. The molecule has 0 unspecified atom stereocenters. The summed E-state index contributed by atoms with van der Waals surface area (Å²) in [7, 11) is 0.854. The molecule has 0 spiro atoms. The van der Waals surface area contributed by atoms with Gasteiger partial charge >= 0.3 is 0 Å². The Morgan fingerprint density at radius 2 is 1.16 bits per heavy atom. The predicted octanol–water partition coefficient (Wildman–Crippen LogP) is 12.5. The standard InChI is InChI=1S/C52H45BN2/c1-51(2,3)36-23-27-46-41(29-36)42-30-37(52(4,5)6)31-44-49(42)55(46)50-40-19-13-11-17-35(40)28-43(48(50)53-44)47-39-18-12-10-16-34(39)22-26-45(47)54-38-24-20-33(21-25-38)32-14-8-7-9-15-32/h7-31,53-54H,1-6H3. The quantitative estimate of drug-likeness (QED) is 0.180. The number of aromatic nitrogens is 1. The van der Waals surface area contributed by atoms with Crippen molar-refractivity contribution in [2.75, 3.05) is 5.32 Å². The second-order valence-corrected chi connectivity index (χ2v) is 17.5. The molecule has 3 heteroatoms. The second kappa shape index (κ2) is 12.2. The van der Waals surface area contributed by atoms with Crippen molar-refractivity contribution in [3.63, 3.8) is 0 Å².